The van der Waals surface area contributed by atoms with Crippen molar-refractivity contribution in [3.63, 3.8) is 0 Å². The third-order valence-electron chi connectivity index (χ3n) is 2.59. The van der Waals surface area contributed by atoms with E-state index in [9.17, 15) is 14.9 Å². The highest BCUT2D eigenvalue weighted by atomic mass is 32.1. The minimum Gasteiger partial charge on any atom is -0.346 e. The van der Waals surface area contributed by atoms with Gasteiger partial charge in [-0.15, -0.1) is 11.3 Å². The second kappa shape index (κ2) is 6.22. The lowest BCUT2D eigenvalue weighted by atomic mass is 10.2. The van der Waals surface area contributed by atoms with Crippen molar-refractivity contribution in [3.8, 4) is 0 Å². The summed E-state index contributed by atoms with van der Waals surface area (Å²) in [7, 11) is 0. The topological polar surface area (TPSA) is 111 Å². The Balaban J connectivity index is 2.05. The van der Waals surface area contributed by atoms with Crippen LogP contribution in [0.3, 0.4) is 0 Å². The molecule has 7 nitrogen and oxygen atoms in total. The van der Waals surface area contributed by atoms with Crippen LogP contribution in [0.15, 0.2) is 29.6 Å². The highest BCUT2D eigenvalue weighted by molar-refractivity contribution is 7.09. The van der Waals surface area contributed by atoms with Gasteiger partial charge in [0.15, 0.2) is 0 Å². The Morgan fingerprint density at radius 3 is 2.85 bits per heavy atom. The largest absolute Gasteiger partial charge is 0.346 e. The molecule has 2 aromatic rings. The number of nitro benzene ring substituents is 1. The molecule has 0 saturated heterocycles. The molecule has 1 aromatic heterocycles. The van der Waals surface area contributed by atoms with E-state index < -0.39 is 4.92 Å². The van der Waals surface area contributed by atoms with Crippen LogP contribution in [0.25, 0.3) is 0 Å². The number of para-hydroxylation sites is 1. The maximum atomic E-state index is 11.9. The quantitative estimate of drug-likeness (QED) is 0.639. The fraction of sp³-hybridized carbons (Fsp3) is 0.167. The van der Waals surface area contributed by atoms with Crippen molar-refractivity contribution in [2.24, 2.45) is 5.73 Å². The molecule has 0 saturated carbocycles. The number of carbonyl (C=O) groups is 1. The number of thiazole rings is 1. The summed E-state index contributed by atoms with van der Waals surface area (Å²) in [5.41, 5.74) is 6.12. The lowest BCUT2D eigenvalue weighted by Gasteiger charge is -2.04. The van der Waals surface area contributed by atoms with Crippen LogP contribution in [-0.2, 0) is 13.1 Å². The van der Waals surface area contributed by atoms with Crippen LogP contribution in [0.2, 0.25) is 0 Å². The predicted molar refractivity (Wildman–Crippen MR) is 74.3 cm³/mol. The molecule has 104 valence electrons. The highest BCUT2D eigenvalue weighted by Gasteiger charge is 2.14. The normalized spacial score (nSPS) is 10.2. The molecule has 0 fully saturated rings. The number of rotatable bonds is 5. The van der Waals surface area contributed by atoms with Gasteiger partial charge in [0.2, 0.25) is 0 Å². The van der Waals surface area contributed by atoms with Crippen molar-refractivity contribution in [3.05, 3.63) is 56.0 Å². The number of carbonyl (C=O) groups excluding carboxylic acids is 1. The minimum atomic E-state index is -0.475. The van der Waals surface area contributed by atoms with Gasteiger partial charge in [-0.25, -0.2) is 4.98 Å². The van der Waals surface area contributed by atoms with Crippen molar-refractivity contribution in [2.45, 2.75) is 13.1 Å². The molecule has 3 N–H and O–H groups in total. The molecule has 0 aliphatic heterocycles. The zero-order valence-corrected chi connectivity index (χ0v) is 11.2. The number of nitrogens with zero attached hydrogens (tertiary/aromatic N) is 2. The molecule has 1 amide bonds. The fourth-order valence-electron chi connectivity index (χ4n) is 1.61. The van der Waals surface area contributed by atoms with Crippen LogP contribution < -0.4 is 11.1 Å². The third-order valence-corrected chi connectivity index (χ3v) is 3.46. The van der Waals surface area contributed by atoms with Gasteiger partial charge in [-0.3, -0.25) is 14.9 Å². The number of benzene rings is 1. The molecule has 0 aliphatic carbocycles. The van der Waals surface area contributed by atoms with Crippen molar-refractivity contribution in [1.82, 2.24) is 10.3 Å². The van der Waals surface area contributed by atoms with Gasteiger partial charge in [0.25, 0.3) is 11.6 Å². The molecule has 0 spiro atoms. The standard InChI is InChI=1S/C12H12N4O3S/c13-5-11-15-9(7-20-11)12(17)14-6-8-3-1-2-4-10(8)16(18)19/h1-4,7H,5-6,13H2,(H,14,17). The Labute approximate surface area is 118 Å². The van der Waals surface area contributed by atoms with Gasteiger partial charge in [-0.2, -0.15) is 0 Å². The molecular formula is C12H12N4O3S. The molecular weight excluding hydrogens is 280 g/mol. The third kappa shape index (κ3) is 3.16. The van der Waals surface area contributed by atoms with Gasteiger partial charge in [-0.05, 0) is 0 Å². The first kappa shape index (κ1) is 14.1. The van der Waals surface area contributed by atoms with Crippen LogP contribution in [0.5, 0.6) is 0 Å². The predicted octanol–water partition coefficient (Wildman–Crippen LogP) is 1.44. The fourth-order valence-corrected chi connectivity index (χ4v) is 2.27. The molecule has 0 radical (unpaired) electrons. The maximum absolute atomic E-state index is 11.9. The Hall–Kier alpha value is -2.32. The molecule has 8 heteroatoms. The number of nitro groups is 1. The molecule has 0 aliphatic rings. The molecule has 1 heterocycles. The van der Waals surface area contributed by atoms with E-state index in [1.165, 1.54) is 17.4 Å². The van der Waals surface area contributed by atoms with E-state index >= 15 is 0 Å². The minimum absolute atomic E-state index is 0.0197. The van der Waals surface area contributed by atoms with Crippen molar-refractivity contribution >= 4 is 22.9 Å². The van der Waals surface area contributed by atoms with E-state index in [4.69, 9.17) is 5.73 Å². The highest BCUT2D eigenvalue weighted by Crippen LogP contribution is 2.17. The van der Waals surface area contributed by atoms with Gasteiger partial charge in [-0.1, -0.05) is 18.2 Å². The zero-order valence-electron chi connectivity index (χ0n) is 10.4. The smallest absolute Gasteiger partial charge is 0.274 e. The Kier molecular flexibility index (Phi) is 4.38. The van der Waals surface area contributed by atoms with E-state index in [0.29, 0.717) is 10.6 Å². The summed E-state index contributed by atoms with van der Waals surface area (Å²) in [6, 6.07) is 6.27. The summed E-state index contributed by atoms with van der Waals surface area (Å²) in [5, 5.41) is 15.7. The number of nitrogens with two attached hydrogens (primary N) is 1. The first-order valence-electron chi connectivity index (χ1n) is 5.76. The molecule has 0 unspecified atom stereocenters. The van der Waals surface area contributed by atoms with Crippen molar-refractivity contribution in [2.75, 3.05) is 0 Å². The first-order chi connectivity index (χ1) is 9.61. The summed E-state index contributed by atoms with van der Waals surface area (Å²) >= 11 is 1.30. The van der Waals surface area contributed by atoms with Crippen molar-refractivity contribution < 1.29 is 9.72 Å². The van der Waals surface area contributed by atoms with Crippen LogP contribution in [0.1, 0.15) is 21.1 Å². The lowest BCUT2D eigenvalue weighted by Crippen LogP contribution is -2.23. The second-order valence-corrected chi connectivity index (χ2v) is 4.84. The lowest BCUT2D eigenvalue weighted by molar-refractivity contribution is -0.385. The van der Waals surface area contributed by atoms with Gasteiger partial charge < -0.3 is 11.1 Å². The monoisotopic (exact) mass is 292 g/mol. The molecule has 20 heavy (non-hydrogen) atoms. The average Bonchev–Trinajstić information content (AvgIpc) is 2.94. The Bertz CT molecular complexity index is 641. The first-order valence-corrected chi connectivity index (χ1v) is 6.64. The molecule has 1 aromatic carbocycles. The van der Waals surface area contributed by atoms with Crippen LogP contribution >= 0.6 is 11.3 Å². The molecule has 0 bridgehead atoms. The summed E-state index contributed by atoms with van der Waals surface area (Å²) in [4.78, 5) is 26.3. The molecule has 2 rings (SSSR count). The zero-order chi connectivity index (χ0) is 14.5. The van der Waals surface area contributed by atoms with Crippen molar-refractivity contribution in [1.29, 1.82) is 0 Å². The van der Waals surface area contributed by atoms with E-state index in [1.54, 1.807) is 23.6 Å². The van der Waals surface area contributed by atoms with Crippen LogP contribution in [-0.4, -0.2) is 15.8 Å². The average molecular weight is 292 g/mol. The van der Waals surface area contributed by atoms with Gasteiger partial charge in [0.1, 0.15) is 10.7 Å². The maximum Gasteiger partial charge on any atom is 0.274 e. The van der Waals surface area contributed by atoms with Crippen LogP contribution in [0, 0.1) is 10.1 Å². The van der Waals surface area contributed by atoms with E-state index in [0.717, 1.165) is 0 Å². The summed E-state index contributed by atoms with van der Waals surface area (Å²) < 4.78 is 0. The van der Waals surface area contributed by atoms with Gasteiger partial charge in [0.05, 0.1) is 4.92 Å². The van der Waals surface area contributed by atoms with E-state index in [1.807, 2.05) is 0 Å². The number of hydrogen-bond donors (Lipinski definition) is 2. The van der Waals surface area contributed by atoms with E-state index in [2.05, 4.69) is 10.3 Å². The number of aromatic nitrogens is 1. The summed E-state index contributed by atoms with van der Waals surface area (Å²) in [6.45, 7) is 0.355. The van der Waals surface area contributed by atoms with Gasteiger partial charge >= 0.3 is 0 Å². The summed E-state index contributed by atoms with van der Waals surface area (Å²) in [6.07, 6.45) is 0. The van der Waals surface area contributed by atoms with E-state index in [-0.39, 0.29) is 30.4 Å². The Morgan fingerprint density at radius 2 is 2.20 bits per heavy atom. The second-order valence-electron chi connectivity index (χ2n) is 3.90. The Morgan fingerprint density at radius 1 is 1.45 bits per heavy atom. The number of hydrogen-bond acceptors (Lipinski definition) is 6. The van der Waals surface area contributed by atoms with Gasteiger partial charge in [0, 0.05) is 30.1 Å². The SMILES string of the molecule is NCc1nc(C(=O)NCc2ccccc2[N+](=O)[O-])cs1. The number of amides is 1. The number of nitrogens with one attached hydrogen (secondary N) is 1. The summed E-state index contributed by atoms with van der Waals surface area (Å²) in [5.74, 6) is -0.376. The molecule has 0 atom stereocenters. The van der Waals surface area contributed by atoms with Crippen LogP contribution in [0.4, 0.5) is 5.69 Å².